The number of carbonyl (C=O) groups is 1. The van der Waals surface area contributed by atoms with E-state index in [1.54, 1.807) is 0 Å². The highest BCUT2D eigenvalue weighted by Gasteiger charge is 2.12. The number of thiol groups is 1. The van der Waals surface area contributed by atoms with Gasteiger partial charge in [-0.3, -0.25) is 4.79 Å². The summed E-state index contributed by atoms with van der Waals surface area (Å²) in [6, 6.07) is 4.37. The fraction of sp³-hybridized carbons (Fsp3) is 0.300. The number of alkyl halides is 3. The minimum atomic E-state index is -2.92. The smallest absolute Gasteiger partial charge is 0.387 e. The molecule has 2 nitrogen and oxygen atoms in total. The number of hydrogen-bond acceptors (Lipinski definition) is 3. The maximum atomic E-state index is 12.1. The number of Topliss-reactive ketones (excluding diaryl/α,β-unsaturated/α-hetero) is 1. The lowest BCUT2D eigenvalue weighted by Gasteiger charge is -2.10. The molecule has 0 amide bonds. The lowest BCUT2D eigenvalue weighted by molar-refractivity contribution is -0.116. The summed E-state index contributed by atoms with van der Waals surface area (Å²) in [5.41, 5.74) is 0.360. The Morgan fingerprint density at radius 3 is 2.75 bits per heavy atom. The van der Waals surface area contributed by atoms with Crippen LogP contribution in [0.1, 0.15) is 5.56 Å². The van der Waals surface area contributed by atoms with Crippen LogP contribution in [0.2, 0.25) is 0 Å². The van der Waals surface area contributed by atoms with Crippen molar-refractivity contribution < 1.29 is 18.3 Å². The molecule has 88 valence electrons. The van der Waals surface area contributed by atoms with Crippen molar-refractivity contribution in [2.24, 2.45) is 0 Å². The Kier molecular flexibility index (Phi) is 5.02. The van der Waals surface area contributed by atoms with Gasteiger partial charge in [0.05, 0.1) is 5.88 Å². The van der Waals surface area contributed by atoms with Gasteiger partial charge in [-0.15, -0.1) is 24.2 Å². The van der Waals surface area contributed by atoms with Gasteiger partial charge in [0.25, 0.3) is 0 Å². The zero-order chi connectivity index (χ0) is 12.1. The number of rotatable bonds is 5. The molecular weight excluding hydrogens is 258 g/mol. The largest absolute Gasteiger partial charge is 0.435 e. The molecule has 0 saturated carbocycles. The van der Waals surface area contributed by atoms with Crippen molar-refractivity contribution in [1.29, 1.82) is 0 Å². The summed E-state index contributed by atoms with van der Waals surface area (Å²) in [7, 11) is 0. The normalized spacial score (nSPS) is 10.6. The second kappa shape index (κ2) is 6.06. The Labute approximate surface area is 102 Å². The molecule has 1 aromatic carbocycles. The van der Waals surface area contributed by atoms with E-state index in [1.165, 1.54) is 18.2 Å². The Hall–Kier alpha value is -0.810. The summed E-state index contributed by atoms with van der Waals surface area (Å²) in [6.45, 7) is -2.92. The maximum Gasteiger partial charge on any atom is 0.387 e. The first kappa shape index (κ1) is 13.3. The SMILES string of the molecule is O=C(CCl)Cc1cc(S)ccc1OC(F)F. The molecule has 0 atom stereocenters. The number of hydrogen-bond donors (Lipinski definition) is 1. The molecule has 0 aliphatic carbocycles. The molecular formula is C10H9ClF2O2S. The Morgan fingerprint density at radius 1 is 1.50 bits per heavy atom. The molecule has 0 N–H and O–H groups in total. The molecule has 1 rings (SSSR count). The van der Waals surface area contributed by atoms with Crippen LogP contribution in [-0.4, -0.2) is 18.3 Å². The van der Waals surface area contributed by atoms with Crippen molar-refractivity contribution in [3.05, 3.63) is 23.8 Å². The Bertz CT molecular complexity index is 385. The van der Waals surface area contributed by atoms with Crippen LogP contribution in [0.5, 0.6) is 5.75 Å². The highest BCUT2D eigenvalue weighted by atomic mass is 35.5. The lowest BCUT2D eigenvalue weighted by atomic mass is 10.1. The minimum absolute atomic E-state index is 0.0220. The summed E-state index contributed by atoms with van der Waals surface area (Å²) < 4.78 is 28.4. The molecule has 0 bridgehead atoms. The first-order valence-corrected chi connectivity index (χ1v) is 5.35. The summed E-state index contributed by atoms with van der Waals surface area (Å²) in [5.74, 6) is -0.448. The van der Waals surface area contributed by atoms with Crippen molar-refractivity contribution in [2.45, 2.75) is 17.9 Å². The van der Waals surface area contributed by atoms with Gasteiger partial charge in [0.2, 0.25) is 0 Å². The molecule has 0 aromatic heterocycles. The van der Waals surface area contributed by atoms with Crippen LogP contribution in [0, 0.1) is 0 Å². The Morgan fingerprint density at radius 2 is 2.19 bits per heavy atom. The van der Waals surface area contributed by atoms with Gasteiger partial charge in [-0.2, -0.15) is 8.78 Å². The van der Waals surface area contributed by atoms with E-state index in [0.29, 0.717) is 10.5 Å². The van der Waals surface area contributed by atoms with E-state index in [0.717, 1.165) is 0 Å². The highest BCUT2D eigenvalue weighted by Crippen LogP contribution is 2.24. The molecule has 1 aromatic rings. The topological polar surface area (TPSA) is 26.3 Å². The van der Waals surface area contributed by atoms with Crippen LogP contribution < -0.4 is 4.74 Å². The lowest BCUT2D eigenvalue weighted by Crippen LogP contribution is -2.09. The van der Waals surface area contributed by atoms with E-state index in [2.05, 4.69) is 17.4 Å². The van der Waals surface area contributed by atoms with Crippen molar-refractivity contribution in [3.8, 4) is 5.75 Å². The van der Waals surface area contributed by atoms with E-state index in [-0.39, 0.29) is 23.8 Å². The predicted molar refractivity (Wildman–Crippen MR) is 59.8 cm³/mol. The van der Waals surface area contributed by atoms with Crippen molar-refractivity contribution in [2.75, 3.05) is 5.88 Å². The second-order valence-electron chi connectivity index (χ2n) is 3.02. The van der Waals surface area contributed by atoms with Gasteiger partial charge in [-0.25, -0.2) is 0 Å². The molecule has 0 radical (unpaired) electrons. The number of halogens is 3. The van der Waals surface area contributed by atoms with E-state index in [9.17, 15) is 13.6 Å². The molecule has 0 aliphatic rings. The zero-order valence-corrected chi connectivity index (χ0v) is 9.77. The number of carbonyl (C=O) groups excluding carboxylic acids is 1. The summed E-state index contributed by atoms with van der Waals surface area (Å²) in [6.07, 6.45) is -0.0417. The molecule has 0 aliphatic heterocycles. The summed E-state index contributed by atoms with van der Waals surface area (Å²) in [4.78, 5) is 11.7. The number of ketones is 1. The average Bonchev–Trinajstić information content (AvgIpc) is 2.21. The average molecular weight is 267 g/mol. The molecule has 0 unspecified atom stereocenters. The molecule has 16 heavy (non-hydrogen) atoms. The summed E-state index contributed by atoms with van der Waals surface area (Å²) >= 11 is 9.40. The monoisotopic (exact) mass is 266 g/mol. The molecule has 0 heterocycles. The fourth-order valence-corrected chi connectivity index (χ4v) is 1.50. The van der Waals surface area contributed by atoms with E-state index in [4.69, 9.17) is 11.6 Å². The quantitative estimate of drug-likeness (QED) is 0.655. The van der Waals surface area contributed by atoms with Crippen LogP contribution in [0.15, 0.2) is 23.1 Å². The third-order valence-electron chi connectivity index (χ3n) is 1.80. The molecule has 6 heteroatoms. The van der Waals surface area contributed by atoms with Crippen LogP contribution >= 0.6 is 24.2 Å². The highest BCUT2D eigenvalue weighted by molar-refractivity contribution is 7.80. The standard InChI is InChI=1S/C10H9ClF2O2S/c11-5-7(14)3-6-4-8(16)1-2-9(6)15-10(12)13/h1-2,4,10,16H,3,5H2. The predicted octanol–water partition coefficient (Wildman–Crippen LogP) is 2.93. The number of ether oxygens (including phenoxy) is 1. The second-order valence-corrected chi connectivity index (χ2v) is 3.80. The maximum absolute atomic E-state index is 12.1. The molecule has 0 fully saturated rings. The van der Waals surface area contributed by atoms with Crippen LogP contribution in [-0.2, 0) is 11.2 Å². The minimum Gasteiger partial charge on any atom is -0.435 e. The first-order valence-electron chi connectivity index (χ1n) is 4.37. The van der Waals surface area contributed by atoms with E-state index < -0.39 is 6.61 Å². The van der Waals surface area contributed by atoms with E-state index in [1.807, 2.05) is 0 Å². The third-order valence-corrected chi connectivity index (χ3v) is 2.37. The van der Waals surface area contributed by atoms with Gasteiger partial charge in [0.15, 0.2) is 5.78 Å². The fourth-order valence-electron chi connectivity index (χ4n) is 1.17. The van der Waals surface area contributed by atoms with Gasteiger partial charge < -0.3 is 4.74 Å². The molecule has 0 spiro atoms. The summed E-state index contributed by atoms with van der Waals surface area (Å²) in [5, 5.41) is 0. The number of benzene rings is 1. The van der Waals surface area contributed by atoms with Crippen molar-refractivity contribution in [1.82, 2.24) is 0 Å². The van der Waals surface area contributed by atoms with Crippen LogP contribution in [0.4, 0.5) is 8.78 Å². The van der Waals surface area contributed by atoms with Gasteiger partial charge in [-0.1, -0.05) is 0 Å². The van der Waals surface area contributed by atoms with Crippen molar-refractivity contribution in [3.63, 3.8) is 0 Å². The van der Waals surface area contributed by atoms with Crippen LogP contribution in [0.25, 0.3) is 0 Å². The van der Waals surface area contributed by atoms with Crippen LogP contribution in [0.3, 0.4) is 0 Å². The van der Waals surface area contributed by atoms with Gasteiger partial charge in [-0.05, 0) is 18.2 Å². The third kappa shape index (κ3) is 3.98. The van der Waals surface area contributed by atoms with Crippen molar-refractivity contribution >= 4 is 30.0 Å². The molecule has 0 saturated heterocycles. The van der Waals surface area contributed by atoms with Gasteiger partial charge in [0, 0.05) is 16.9 Å². The van der Waals surface area contributed by atoms with Gasteiger partial charge in [0.1, 0.15) is 5.75 Å². The van der Waals surface area contributed by atoms with Gasteiger partial charge >= 0.3 is 6.61 Å². The van der Waals surface area contributed by atoms with E-state index >= 15 is 0 Å². The Balaban J connectivity index is 2.93. The zero-order valence-electron chi connectivity index (χ0n) is 8.12. The first-order chi connectivity index (χ1) is 7.52.